The number of aliphatic carboxylic acids is 2. The highest BCUT2D eigenvalue weighted by Gasteiger charge is 2.55. The first-order chi connectivity index (χ1) is 12.2. The molecular formula is C20H23ClO5. The molecule has 3 atom stereocenters. The monoisotopic (exact) mass is 378 g/mol. The third-order valence-corrected chi connectivity index (χ3v) is 5.29. The van der Waals surface area contributed by atoms with Crippen LogP contribution in [0.15, 0.2) is 48.1 Å². The van der Waals surface area contributed by atoms with Crippen molar-refractivity contribution in [2.75, 3.05) is 0 Å². The fraction of sp³-hybridized carbons (Fsp3) is 0.400. The van der Waals surface area contributed by atoms with E-state index in [9.17, 15) is 24.9 Å². The molecule has 0 amide bonds. The molecule has 0 radical (unpaired) electrons. The molecule has 0 bridgehead atoms. The zero-order chi connectivity index (χ0) is 19.5. The maximum absolute atomic E-state index is 12.1. The van der Waals surface area contributed by atoms with Gasteiger partial charge in [0.1, 0.15) is 0 Å². The average Bonchev–Trinajstić information content (AvgIpc) is 2.59. The standard InChI is InChI=1S/C20H23ClO5/c1-3-4-11-20(26,13-7-5-8-14(21)12-13)16-15(17(22)23)9-6-10-19(16,2)18(24)25/h5-10,12,16,26H,3-4,11H2,1-2H3,(H,22,23)(H,24,25). The van der Waals surface area contributed by atoms with Gasteiger partial charge in [0, 0.05) is 16.5 Å². The van der Waals surface area contributed by atoms with Gasteiger partial charge >= 0.3 is 11.9 Å². The Bertz CT molecular complexity index is 769. The van der Waals surface area contributed by atoms with Crippen molar-refractivity contribution in [2.24, 2.45) is 11.3 Å². The zero-order valence-electron chi connectivity index (χ0n) is 14.8. The second kappa shape index (κ2) is 7.64. The minimum atomic E-state index is -1.69. The number of rotatable bonds is 7. The topological polar surface area (TPSA) is 94.8 Å². The Hall–Kier alpha value is -2.11. The summed E-state index contributed by atoms with van der Waals surface area (Å²) in [5.41, 5.74) is -2.98. The lowest BCUT2D eigenvalue weighted by Gasteiger charge is -2.45. The Morgan fingerprint density at radius 1 is 1.31 bits per heavy atom. The van der Waals surface area contributed by atoms with Crippen molar-refractivity contribution in [1.82, 2.24) is 0 Å². The third kappa shape index (κ3) is 3.55. The smallest absolute Gasteiger partial charge is 0.332 e. The minimum Gasteiger partial charge on any atom is -0.481 e. The third-order valence-electron chi connectivity index (χ3n) is 5.05. The number of hydrogen-bond acceptors (Lipinski definition) is 3. The van der Waals surface area contributed by atoms with E-state index in [0.717, 1.165) is 6.42 Å². The van der Waals surface area contributed by atoms with Gasteiger partial charge in [0.2, 0.25) is 0 Å². The van der Waals surface area contributed by atoms with Crippen LogP contribution in [0.3, 0.4) is 0 Å². The molecule has 1 aliphatic carbocycles. The number of aliphatic hydroxyl groups is 1. The summed E-state index contributed by atoms with van der Waals surface area (Å²) in [6.45, 7) is 3.39. The summed E-state index contributed by atoms with van der Waals surface area (Å²) in [5.74, 6) is -3.61. The molecule has 3 N–H and O–H groups in total. The quantitative estimate of drug-likeness (QED) is 0.666. The molecule has 0 aliphatic heterocycles. The van der Waals surface area contributed by atoms with Crippen molar-refractivity contribution < 1.29 is 24.9 Å². The summed E-state index contributed by atoms with van der Waals surface area (Å²) >= 11 is 6.08. The van der Waals surface area contributed by atoms with Crippen molar-refractivity contribution in [1.29, 1.82) is 0 Å². The first kappa shape index (κ1) is 20.2. The lowest BCUT2D eigenvalue weighted by Crippen LogP contribution is -2.50. The van der Waals surface area contributed by atoms with E-state index in [2.05, 4.69) is 0 Å². The molecule has 6 heteroatoms. The number of carboxylic acid groups (broad SMARTS) is 2. The summed E-state index contributed by atoms with van der Waals surface area (Å²) in [6, 6.07) is 6.53. The van der Waals surface area contributed by atoms with Crippen LogP contribution in [-0.2, 0) is 15.2 Å². The van der Waals surface area contributed by atoms with Gasteiger partial charge in [0.25, 0.3) is 0 Å². The van der Waals surface area contributed by atoms with Crippen molar-refractivity contribution >= 4 is 23.5 Å². The fourth-order valence-corrected chi connectivity index (χ4v) is 3.86. The van der Waals surface area contributed by atoms with E-state index in [1.807, 2.05) is 6.92 Å². The average molecular weight is 379 g/mol. The van der Waals surface area contributed by atoms with Gasteiger partial charge in [-0.15, -0.1) is 0 Å². The highest BCUT2D eigenvalue weighted by molar-refractivity contribution is 6.30. The molecule has 0 spiro atoms. The van der Waals surface area contributed by atoms with E-state index in [1.165, 1.54) is 25.2 Å². The lowest BCUT2D eigenvalue weighted by atomic mass is 9.60. The van der Waals surface area contributed by atoms with Crippen LogP contribution in [0.25, 0.3) is 0 Å². The van der Waals surface area contributed by atoms with E-state index in [4.69, 9.17) is 11.6 Å². The van der Waals surface area contributed by atoms with E-state index in [-0.39, 0.29) is 12.0 Å². The molecule has 1 aliphatic rings. The van der Waals surface area contributed by atoms with Crippen LogP contribution in [0.5, 0.6) is 0 Å². The Morgan fingerprint density at radius 3 is 2.54 bits per heavy atom. The van der Waals surface area contributed by atoms with Crippen LogP contribution in [0.1, 0.15) is 38.7 Å². The van der Waals surface area contributed by atoms with Gasteiger partial charge in [-0.3, -0.25) is 4.79 Å². The first-order valence-corrected chi connectivity index (χ1v) is 8.89. The predicted molar refractivity (Wildman–Crippen MR) is 99.0 cm³/mol. The maximum Gasteiger partial charge on any atom is 0.332 e. The second-order valence-electron chi connectivity index (χ2n) is 6.85. The summed E-state index contributed by atoms with van der Waals surface area (Å²) in [7, 11) is 0. The number of hydrogen-bond donors (Lipinski definition) is 3. The molecule has 26 heavy (non-hydrogen) atoms. The van der Waals surface area contributed by atoms with Crippen LogP contribution >= 0.6 is 11.6 Å². The molecule has 5 nitrogen and oxygen atoms in total. The number of halogens is 1. The molecule has 2 rings (SSSR count). The SMILES string of the molecule is CCCCC(O)(c1cccc(Cl)c1)C1C(C(=O)O)=CC=CC1(C)C(=O)O. The Labute approximate surface area is 157 Å². The highest BCUT2D eigenvalue weighted by atomic mass is 35.5. The Balaban J connectivity index is 2.73. The van der Waals surface area contributed by atoms with Crippen LogP contribution < -0.4 is 0 Å². The van der Waals surface area contributed by atoms with Crippen molar-refractivity contribution in [3.63, 3.8) is 0 Å². The van der Waals surface area contributed by atoms with Crippen LogP contribution in [0.2, 0.25) is 5.02 Å². The van der Waals surface area contributed by atoms with Gasteiger partial charge in [-0.2, -0.15) is 0 Å². The van der Waals surface area contributed by atoms with Gasteiger partial charge in [-0.05, 0) is 31.0 Å². The van der Waals surface area contributed by atoms with Gasteiger partial charge in [-0.25, -0.2) is 4.79 Å². The van der Waals surface area contributed by atoms with Crippen LogP contribution in [0.4, 0.5) is 0 Å². The number of allylic oxidation sites excluding steroid dienone is 2. The molecule has 0 heterocycles. The predicted octanol–water partition coefficient (Wildman–Crippen LogP) is 4.01. The molecule has 0 aromatic heterocycles. The molecule has 140 valence electrons. The van der Waals surface area contributed by atoms with E-state index in [0.29, 0.717) is 17.0 Å². The minimum absolute atomic E-state index is 0.129. The highest BCUT2D eigenvalue weighted by Crippen LogP contribution is 2.51. The number of benzene rings is 1. The molecular weight excluding hydrogens is 356 g/mol. The maximum atomic E-state index is 12.1. The van der Waals surface area contributed by atoms with Crippen molar-refractivity contribution in [2.45, 2.75) is 38.7 Å². The van der Waals surface area contributed by atoms with Gasteiger partial charge < -0.3 is 15.3 Å². The van der Waals surface area contributed by atoms with E-state index < -0.39 is 28.9 Å². The van der Waals surface area contributed by atoms with Crippen molar-refractivity contribution in [3.8, 4) is 0 Å². The molecule has 3 unspecified atom stereocenters. The van der Waals surface area contributed by atoms with Gasteiger partial charge in [-0.1, -0.05) is 61.7 Å². The molecule has 1 aromatic rings. The Kier molecular flexibility index (Phi) is 5.94. The summed E-state index contributed by atoms with van der Waals surface area (Å²) in [5, 5.41) is 31.6. The second-order valence-corrected chi connectivity index (χ2v) is 7.28. The van der Waals surface area contributed by atoms with Gasteiger partial charge in [0.05, 0.1) is 11.0 Å². The molecule has 0 fully saturated rings. The van der Waals surface area contributed by atoms with E-state index in [1.54, 1.807) is 24.3 Å². The zero-order valence-corrected chi connectivity index (χ0v) is 15.5. The Morgan fingerprint density at radius 2 is 2.00 bits per heavy atom. The fourth-order valence-electron chi connectivity index (χ4n) is 3.67. The first-order valence-electron chi connectivity index (χ1n) is 8.51. The van der Waals surface area contributed by atoms with Crippen LogP contribution in [0, 0.1) is 11.3 Å². The van der Waals surface area contributed by atoms with Gasteiger partial charge in [0.15, 0.2) is 0 Å². The van der Waals surface area contributed by atoms with E-state index >= 15 is 0 Å². The summed E-state index contributed by atoms with van der Waals surface area (Å²) in [6.07, 6.45) is 5.81. The van der Waals surface area contributed by atoms with Crippen LogP contribution in [-0.4, -0.2) is 27.3 Å². The number of carbonyl (C=O) groups is 2. The molecule has 1 aromatic carbocycles. The normalized spacial score (nSPS) is 24.6. The summed E-state index contributed by atoms with van der Waals surface area (Å²) in [4.78, 5) is 23.9. The lowest BCUT2D eigenvalue weighted by molar-refractivity contribution is -0.156. The number of carboxylic acids is 2. The molecule has 0 saturated heterocycles. The summed E-state index contributed by atoms with van der Waals surface area (Å²) < 4.78 is 0. The molecule has 0 saturated carbocycles. The largest absolute Gasteiger partial charge is 0.481 e. The van der Waals surface area contributed by atoms with Crippen molar-refractivity contribution in [3.05, 3.63) is 58.7 Å². The number of unbranched alkanes of at least 4 members (excludes halogenated alkanes) is 1.